The molecule has 0 aromatic rings. The van der Waals surface area contributed by atoms with E-state index >= 15 is 0 Å². The van der Waals surface area contributed by atoms with Crippen LogP contribution in [0.15, 0.2) is 0 Å². The topological polar surface area (TPSA) is 12.0 Å². The van der Waals surface area contributed by atoms with E-state index in [1.165, 1.54) is 45.2 Å². The van der Waals surface area contributed by atoms with Gasteiger partial charge in [0, 0.05) is 6.54 Å². The molecule has 1 saturated heterocycles. The molecule has 78 valence electrons. The average molecular weight is 204 g/mol. The third-order valence-corrected chi connectivity index (χ3v) is 3.75. The zero-order valence-corrected chi connectivity index (χ0v) is 9.67. The zero-order chi connectivity index (χ0) is 8.66. The van der Waals surface area contributed by atoms with Crippen molar-refractivity contribution in [2.75, 3.05) is 13.1 Å². The molecule has 2 rings (SSSR count). The smallest absolute Gasteiger partial charge is 0.000849 e. The van der Waals surface area contributed by atoms with Gasteiger partial charge < -0.3 is 5.32 Å². The van der Waals surface area contributed by atoms with Crippen molar-refractivity contribution in [2.24, 2.45) is 10.8 Å². The maximum Gasteiger partial charge on any atom is 0.000849 e. The van der Waals surface area contributed by atoms with Crippen molar-refractivity contribution >= 4 is 12.4 Å². The van der Waals surface area contributed by atoms with Crippen molar-refractivity contribution < 1.29 is 0 Å². The quantitative estimate of drug-likeness (QED) is 0.639. The first-order chi connectivity index (χ1) is 5.62. The summed E-state index contributed by atoms with van der Waals surface area (Å²) in [7, 11) is 0. The normalized spacial score (nSPS) is 37.4. The Labute approximate surface area is 88.1 Å². The molecule has 1 unspecified atom stereocenters. The minimum Gasteiger partial charge on any atom is -0.316 e. The van der Waals surface area contributed by atoms with Crippen LogP contribution in [0.5, 0.6) is 0 Å². The monoisotopic (exact) mass is 203 g/mol. The van der Waals surface area contributed by atoms with Crippen LogP contribution in [0.3, 0.4) is 0 Å². The van der Waals surface area contributed by atoms with Crippen LogP contribution in [0, 0.1) is 10.8 Å². The Morgan fingerprint density at radius 1 is 1.08 bits per heavy atom. The predicted molar refractivity (Wildman–Crippen MR) is 59.4 cm³/mol. The summed E-state index contributed by atoms with van der Waals surface area (Å²) in [6.07, 6.45) is 7.25. The molecule has 1 heterocycles. The summed E-state index contributed by atoms with van der Waals surface area (Å²) in [5.41, 5.74) is 1.31. The Morgan fingerprint density at radius 2 is 1.85 bits per heavy atom. The molecule has 1 atom stereocenters. The Morgan fingerprint density at radius 3 is 2.38 bits per heavy atom. The predicted octanol–water partition coefficient (Wildman–Crippen LogP) is 2.99. The molecule has 1 aliphatic carbocycles. The lowest BCUT2D eigenvalue weighted by atomic mass is 9.63. The lowest BCUT2D eigenvalue weighted by molar-refractivity contribution is 0.100. The molecule has 1 saturated carbocycles. The van der Waals surface area contributed by atoms with Gasteiger partial charge in [-0.1, -0.05) is 20.3 Å². The molecule has 13 heavy (non-hydrogen) atoms. The molecule has 0 bridgehead atoms. The van der Waals surface area contributed by atoms with Gasteiger partial charge in [0.05, 0.1) is 0 Å². The van der Waals surface area contributed by atoms with Crippen molar-refractivity contribution in [3.8, 4) is 0 Å². The lowest BCUT2D eigenvalue weighted by Gasteiger charge is -2.42. The SMILES string of the molecule is CC1(C)CCCC2(CCNC2)C1.Cl. The highest BCUT2D eigenvalue weighted by atomic mass is 35.5. The van der Waals surface area contributed by atoms with Gasteiger partial charge in [0.2, 0.25) is 0 Å². The Balaban J connectivity index is 0.000000845. The van der Waals surface area contributed by atoms with Crippen LogP contribution < -0.4 is 5.32 Å². The summed E-state index contributed by atoms with van der Waals surface area (Å²) in [5.74, 6) is 0. The van der Waals surface area contributed by atoms with Gasteiger partial charge in [0.1, 0.15) is 0 Å². The summed E-state index contributed by atoms with van der Waals surface area (Å²) in [6, 6.07) is 0. The molecule has 2 aliphatic rings. The molecular weight excluding hydrogens is 182 g/mol. The highest BCUT2D eigenvalue weighted by molar-refractivity contribution is 5.85. The Kier molecular flexibility index (Phi) is 3.29. The molecule has 1 spiro atoms. The first-order valence-corrected chi connectivity index (χ1v) is 5.33. The summed E-state index contributed by atoms with van der Waals surface area (Å²) in [5, 5.41) is 3.52. The van der Waals surface area contributed by atoms with Gasteiger partial charge in [0.25, 0.3) is 0 Å². The van der Waals surface area contributed by atoms with E-state index in [1.54, 1.807) is 0 Å². The molecule has 0 aromatic heterocycles. The number of nitrogens with one attached hydrogen (secondary N) is 1. The van der Waals surface area contributed by atoms with Gasteiger partial charge in [-0.15, -0.1) is 12.4 Å². The van der Waals surface area contributed by atoms with E-state index in [2.05, 4.69) is 19.2 Å². The van der Waals surface area contributed by atoms with E-state index in [4.69, 9.17) is 0 Å². The van der Waals surface area contributed by atoms with E-state index < -0.39 is 0 Å². The van der Waals surface area contributed by atoms with Gasteiger partial charge in [-0.3, -0.25) is 0 Å². The fraction of sp³-hybridized carbons (Fsp3) is 1.00. The van der Waals surface area contributed by atoms with Crippen molar-refractivity contribution in [2.45, 2.75) is 46.0 Å². The zero-order valence-electron chi connectivity index (χ0n) is 8.86. The van der Waals surface area contributed by atoms with Gasteiger partial charge in [-0.25, -0.2) is 0 Å². The van der Waals surface area contributed by atoms with Crippen molar-refractivity contribution in [3.63, 3.8) is 0 Å². The summed E-state index contributed by atoms with van der Waals surface area (Å²) >= 11 is 0. The standard InChI is InChI=1S/C11H21N.ClH/c1-10(2)4-3-5-11(8-10)6-7-12-9-11;/h12H,3-9H2,1-2H3;1H. The molecule has 2 heteroatoms. The third-order valence-electron chi connectivity index (χ3n) is 3.75. The van der Waals surface area contributed by atoms with Crippen LogP contribution >= 0.6 is 12.4 Å². The van der Waals surface area contributed by atoms with Crippen molar-refractivity contribution in [3.05, 3.63) is 0 Å². The molecule has 0 radical (unpaired) electrons. The van der Waals surface area contributed by atoms with Crippen molar-refractivity contribution in [1.82, 2.24) is 5.32 Å². The fourth-order valence-corrected chi connectivity index (χ4v) is 3.29. The second-order valence-electron chi connectivity index (χ2n) is 5.62. The third kappa shape index (κ3) is 2.38. The molecule has 0 amide bonds. The Bertz CT molecular complexity index is 171. The van der Waals surface area contributed by atoms with Crippen LogP contribution in [-0.2, 0) is 0 Å². The maximum absolute atomic E-state index is 3.52. The van der Waals surface area contributed by atoms with E-state index in [0.717, 1.165) is 0 Å². The number of hydrogen-bond donors (Lipinski definition) is 1. The van der Waals surface area contributed by atoms with Crippen LogP contribution in [0.2, 0.25) is 0 Å². The Hall–Kier alpha value is 0.250. The van der Waals surface area contributed by atoms with Crippen LogP contribution in [0.4, 0.5) is 0 Å². The largest absolute Gasteiger partial charge is 0.316 e. The number of hydrogen-bond acceptors (Lipinski definition) is 1. The van der Waals surface area contributed by atoms with Gasteiger partial charge in [-0.05, 0) is 43.1 Å². The van der Waals surface area contributed by atoms with Gasteiger partial charge in [0.15, 0.2) is 0 Å². The van der Waals surface area contributed by atoms with E-state index in [1.807, 2.05) is 0 Å². The first-order valence-electron chi connectivity index (χ1n) is 5.33. The first kappa shape index (κ1) is 11.3. The minimum atomic E-state index is 0. The molecule has 0 aromatic carbocycles. The lowest BCUT2D eigenvalue weighted by Crippen LogP contribution is -2.34. The van der Waals surface area contributed by atoms with E-state index in [-0.39, 0.29) is 12.4 Å². The summed E-state index contributed by atoms with van der Waals surface area (Å²) < 4.78 is 0. The van der Waals surface area contributed by atoms with Gasteiger partial charge >= 0.3 is 0 Å². The summed E-state index contributed by atoms with van der Waals surface area (Å²) in [6.45, 7) is 7.42. The second-order valence-corrected chi connectivity index (χ2v) is 5.62. The van der Waals surface area contributed by atoms with E-state index in [0.29, 0.717) is 10.8 Å². The highest BCUT2D eigenvalue weighted by Crippen LogP contribution is 2.48. The van der Waals surface area contributed by atoms with Crippen LogP contribution in [0.25, 0.3) is 0 Å². The average Bonchev–Trinajstić information content (AvgIpc) is 2.34. The van der Waals surface area contributed by atoms with Crippen LogP contribution in [-0.4, -0.2) is 13.1 Å². The van der Waals surface area contributed by atoms with Gasteiger partial charge in [-0.2, -0.15) is 0 Å². The minimum absolute atomic E-state index is 0. The highest BCUT2D eigenvalue weighted by Gasteiger charge is 2.41. The molecule has 1 aliphatic heterocycles. The fourth-order valence-electron chi connectivity index (χ4n) is 3.29. The van der Waals surface area contributed by atoms with E-state index in [9.17, 15) is 0 Å². The molecule has 1 N–H and O–H groups in total. The number of halogens is 1. The maximum atomic E-state index is 3.52. The van der Waals surface area contributed by atoms with Crippen LogP contribution in [0.1, 0.15) is 46.0 Å². The number of rotatable bonds is 0. The molecule has 1 nitrogen and oxygen atoms in total. The molecular formula is C11H22ClN. The molecule has 2 fully saturated rings. The van der Waals surface area contributed by atoms with Crippen molar-refractivity contribution in [1.29, 1.82) is 0 Å². The summed E-state index contributed by atoms with van der Waals surface area (Å²) in [4.78, 5) is 0. The second kappa shape index (κ2) is 3.78.